The summed E-state index contributed by atoms with van der Waals surface area (Å²) in [5.74, 6) is 0.990. The normalized spacial score (nSPS) is 16.8. The number of anilines is 1. The van der Waals surface area contributed by atoms with Crippen LogP contribution < -0.4 is 15.4 Å². The van der Waals surface area contributed by atoms with Gasteiger partial charge in [0.25, 0.3) is 0 Å². The summed E-state index contributed by atoms with van der Waals surface area (Å²) < 4.78 is 12.6. The highest BCUT2D eigenvalue weighted by atomic mass is 16.5. The van der Waals surface area contributed by atoms with Crippen LogP contribution in [0.3, 0.4) is 0 Å². The third-order valence-corrected chi connectivity index (χ3v) is 8.11. The molecule has 0 bridgehead atoms. The molecule has 2 amide bonds. The zero-order valence-electron chi connectivity index (χ0n) is 24.6. The van der Waals surface area contributed by atoms with Gasteiger partial charge in [-0.3, -0.25) is 9.58 Å². The van der Waals surface area contributed by atoms with E-state index in [0.29, 0.717) is 18.8 Å². The lowest BCUT2D eigenvalue weighted by atomic mass is 9.94. The number of para-hydroxylation sites is 1. The fraction of sp³-hybridized carbons (Fsp3) is 0.257. The molecule has 220 valence electrons. The van der Waals surface area contributed by atoms with Crippen molar-refractivity contribution < 1.29 is 14.3 Å². The fourth-order valence-corrected chi connectivity index (χ4v) is 5.96. The average Bonchev–Trinajstić information content (AvgIpc) is 3.63. The molecule has 6 rings (SSSR count). The summed E-state index contributed by atoms with van der Waals surface area (Å²) in [6.07, 6.45) is 0. The summed E-state index contributed by atoms with van der Waals surface area (Å²) in [7, 11) is 3.38. The lowest BCUT2D eigenvalue weighted by Crippen LogP contribution is -2.42. The van der Waals surface area contributed by atoms with Gasteiger partial charge in [-0.05, 0) is 29.3 Å². The first kappa shape index (κ1) is 28.5. The second-order valence-corrected chi connectivity index (χ2v) is 10.9. The minimum atomic E-state index is -0.231. The molecule has 2 unspecified atom stereocenters. The minimum absolute atomic E-state index is 0.0393. The Morgan fingerprint density at radius 1 is 0.884 bits per heavy atom. The van der Waals surface area contributed by atoms with E-state index < -0.39 is 0 Å². The molecule has 2 N–H and O–H groups in total. The molecule has 1 aromatic heterocycles. The number of carbonyl (C=O) groups is 1. The number of aromatic nitrogens is 2. The van der Waals surface area contributed by atoms with Crippen LogP contribution in [0.2, 0.25) is 0 Å². The maximum Gasteiger partial charge on any atom is 0.319 e. The van der Waals surface area contributed by atoms with Crippen molar-refractivity contribution in [1.29, 1.82) is 0 Å². The quantitative estimate of drug-likeness (QED) is 0.214. The third kappa shape index (κ3) is 6.40. The van der Waals surface area contributed by atoms with Crippen molar-refractivity contribution in [3.63, 3.8) is 0 Å². The molecule has 8 nitrogen and oxygen atoms in total. The van der Waals surface area contributed by atoms with Gasteiger partial charge in [-0.1, -0.05) is 84.9 Å². The first-order valence-electron chi connectivity index (χ1n) is 14.6. The summed E-state index contributed by atoms with van der Waals surface area (Å²) in [6, 6.07) is 34.2. The van der Waals surface area contributed by atoms with E-state index in [1.165, 1.54) is 5.56 Å². The van der Waals surface area contributed by atoms with Crippen molar-refractivity contribution >= 4 is 22.6 Å². The SMILES string of the molecule is COCCN1CC(NC(=O)Nc2cccc3c(-c4ccccc4)nn(Cc4ccc(OC)cc4)c23)C(c2ccccc2)C1. The first-order chi connectivity index (χ1) is 21.1. The van der Waals surface area contributed by atoms with E-state index in [-0.39, 0.29) is 18.0 Å². The van der Waals surface area contributed by atoms with Gasteiger partial charge < -0.3 is 20.1 Å². The number of likely N-dealkylation sites (tertiary alicyclic amines) is 1. The van der Waals surface area contributed by atoms with Gasteiger partial charge in [0, 0.05) is 43.6 Å². The number of methoxy groups -OCH3 is 2. The molecule has 0 aliphatic carbocycles. The summed E-state index contributed by atoms with van der Waals surface area (Å²) in [5, 5.41) is 12.5. The molecule has 43 heavy (non-hydrogen) atoms. The van der Waals surface area contributed by atoms with E-state index in [2.05, 4.69) is 58.0 Å². The number of urea groups is 1. The van der Waals surface area contributed by atoms with Crippen molar-refractivity contribution in [1.82, 2.24) is 20.0 Å². The first-order valence-corrected chi connectivity index (χ1v) is 14.6. The standard InChI is InChI=1S/C35H37N5O3/c1-42-21-20-39-23-30(26-10-5-3-6-11-26)32(24-39)37-35(41)36-31-15-9-14-29-33(27-12-7-4-8-13-27)38-40(34(29)31)22-25-16-18-28(43-2)19-17-25/h3-19,30,32H,20-24H2,1-2H3,(H2,36,37,41). The molecule has 0 radical (unpaired) electrons. The predicted molar refractivity (Wildman–Crippen MR) is 171 cm³/mol. The van der Waals surface area contributed by atoms with Crippen molar-refractivity contribution in [2.45, 2.75) is 18.5 Å². The fourth-order valence-electron chi connectivity index (χ4n) is 5.96. The number of hydrogen-bond donors (Lipinski definition) is 2. The highest BCUT2D eigenvalue weighted by molar-refractivity contribution is 6.04. The summed E-state index contributed by atoms with van der Waals surface area (Å²) >= 11 is 0. The van der Waals surface area contributed by atoms with E-state index in [1.54, 1.807) is 14.2 Å². The molecule has 1 aliphatic rings. The number of ether oxygens (including phenoxy) is 2. The van der Waals surface area contributed by atoms with E-state index in [0.717, 1.165) is 53.1 Å². The lowest BCUT2D eigenvalue weighted by Gasteiger charge is -2.21. The van der Waals surface area contributed by atoms with Crippen LogP contribution >= 0.6 is 0 Å². The number of nitrogens with zero attached hydrogens (tertiary/aromatic N) is 3. The number of benzene rings is 4. The Balaban J connectivity index is 1.30. The maximum absolute atomic E-state index is 13.6. The molecule has 1 saturated heterocycles. The minimum Gasteiger partial charge on any atom is -0.497 e. The highest BCUT2D eigenvalue weighted by Gasteiger charge is 2.34. The molecular weight excluding hydrogens is 538 g/mol. The number of hydrogen-bond acceptors (Lipinski definition) is 5. The molecule has 5 aromatic rings. The number of rotatable bonds is 10. The molecule has 0 spiro atoms. The molecule has 1 fully saturated rings. The second-order valence-electron chi connectivity index (χ2n) is 10.9. The molecule has 4 aromatic carbocycles. The third-order valence-electron chi connectivity index (χ3n) is 8.11. The van der Waals surface area contributed by atoms with Gasteiger partial charge in [-0.2, -0.15) is 5.10 Å². The van der Waals surface area contributed by atoms with Gasteiger partial charge in [0.05, 0.1) is 37.5 Å². The zero-order valence-corrected chi connectivity index (χ0v) is 24.6. The van der Waals surface area contributed by atoms with Crippen LogP contribution in [-0.4, -0.2) is 67.2 Å². The Bertz CT molecular complexity index is 1650. The summed E-state index contributed by atoms with van der Waals surface area (Å²) in [5.41, 5.74) is 5.79. The number of carbonyl (C=O) groups excluding carboxylic acids is 1. The van der Waals surface area contributed by atoms with Gasteiger partial charge in [-0.25, -0.2) is 4.79 Å². The molecule has 0 saturated carbocycles. The van der Waals surface area contributed by atoms with Crippen LogP contribution in [0.1, 0.15) is 17.0 Å². The maximum atomic E-state index is 13.6. The Hall–Kier alpha value is -4.66. The van der Waals surface area contributed by atoms with Gasteiger partial charge in [0.15, 0.2) is 0 Å². The van der Waals surface area contributed by atoms with Crippen LogP contribution in [0.25, 0.3) is 22.2 Å². The summed E-state index contributed by atoms with van der Waals surface area (Å²) in [6.45, 7) is 3.65. The number of nitrogens with one attached hydrogen (secondary N) is 2. The van der Waals surface area contributed by atoms with E-state index >= 15 is 0 Å². The molecule has 2 heterocycles. The molecule has 8 heteroatoms. The van der Waals surface area contributed by atoms with Gasteiger partial charge in [-0.15, -0.1) is 0 Å². The summed E-state index contributed by atoms with van der Waals surface area (Å²) in [4.78, 5) is 16.0. The highest BCUT2D eigenvalue weighted by Crippen LogP contribution is 2.33. The van der Waals surface area contributed by atoms with Crippen LogP contribution in [0.4, 0.5) is 10.5 Å². The molecule has 1 aliphatic heterocycles. The topological polar surface area (TPSA) is 80.7 Å². The zero-order chi connectivity index (χ0) is 29.6. The van der Waals surface area contributed by atoms with E-state index in [9.17, 15) is 4.79 Å². The Labute approximate surface area is 252 Å². The predicted octanol–water partition coefficient (Wildman–Crippen LogP) is 6.00. The monoisotopic (exact) mass is 575 g/mol. The van der Waals surface area contributed by atoms with Crippen LogP contribution in [0, 0.1) is 0 Å². The molecular formula is C35H37N5O3. The average molecular weight is 576 g/mol. The van der Waals surface area contributed by atoms with Gasteiger partial charge >= 0.3 is 6.03 Å². The van der Waals surface area contributed by atoms with Crippen LogP contribution in [0.5, 0.6) is 5.75 Å². The van der Waals surface area contributed by atoms with Crippen LogP contribution in [-0.2, 0) is 11.3 Å². The van der Waals surface area contributed by atoms with Crippen molar-refractivity contribution in [3.05, 3.63) is 114 Å². The largest absolute Gasteiger partial charge is 0.497 e. The molecule has 2 atom stereocenters. The van der Waals surface area contributed by atoms with Crippen molar-refractivity contribution in [2.75, 3.05) is 45.8 Å². The lowest BCUT2D eigenvalue weighted by molar-refractivity contribution is 0.159. The smallest absolute Gasteiger partial charge is 0.319 e. The van der Waals surface area contributed by atoms with Crippen LogP contribution in [0.15, 0.2) is 103 Å². The van der Waals surface area contributed by atoms with Gasteiger partial charge in [0.2, 0.25) is 0 Å². The van der Waals surface area contributed by atoms with E-state index in [4.69, 9.17) is 14.6 Å². The number of amides is 2. The number of fused-ring (bicyclic) bond motifs is 1. The second kappa shape index (κ2) is 13.1. The Morgan fingerprint density at radius 3 is 2.35 bits per heavy atom. The van der Waals surface area contributed by atoms with Gasteiger partial charge in [0.1, 0.15) is 11.4 Å². The van der Waals surface area contributed by atoms with Crippen molar-refractivity contribution in [2.24, 2.45) is 0 Å². The van der Waals surface area contributed by atoms with Crippen molar-refractivity contribution in [3.8, 4) is 17.0 Å². The Kier molecular flexibility index (Phi) is 8.67. The Morgan fingerprint density at radius 2 is 1.63 bits per heavy atom. The van der Waals surface area contributed by atoms with E-state index in [1.807, 2.05) is 65.3 Å².